The van der Waals surface area contributed by atoms with Crippen molar-refractivity contribution in [1.29, 1.82) is 0 Å². The van der Waals surface area contributed by atoms with Crippen LogP contribution < -0.4 is 0 Å². The van der Waals surface area contributed by atoms with E-state index < -0.39 is 5.97 Å². The highest BCUT2D eigenvalue weighted by Gasteiger charge is 2.10. The number of carboxylic acids is 1. The second-order valence-corrected chi connectivity index (χ2v) is 4.30. The van der Waals surface area contributed by atoms with Crippen LogP contribution >= 0.6 is 15.9 Å². The van der Waals surface area contributed by atoms with Crippen LogP contribution in [-0.2, 0) is 4.79 Å². The van der Waals surface area contributed by atoms with Crippen LogP contribution in [0.4, 0.5) is 0 Å². The maximum Gasteiger partial charge on any atom is 0.336 e. The van der Waals surface area contributed by atoms with Crippen molar-refractivity contribution in [3.63, 3.8) is 0 Å². The van der Waals surface area contributed by atoms with E-state index in [1.165, 1.54) is 12.3 Å². The summed E-state index contributed by atoms with van der Waals surface area (Å²) in [4.78, 5) is 11.2. The van der Waals surface area contributed by atoms with Crippen LogP contribution in [0.25, 0.3) is 11.6 Å². The standard InChI is InChI=1S/C13H9BrO3/c14-10-5-3-9(4-6-10)12(13(15)16)8-11-2-1-7-17-11/h1-8H,(H,15,16). The number of rotatable bonds is 3. The van der Waals surface area contributed by atoms with Crippen LogP contribution in [-0.4, -0.2) is 11.1 Å². The number of benzene rings is 1. The van der Waals surface area contributed by atoms with Crippen molar-refractivity contribution in [2.45, 2.75) is 0 Å². The van der Waals surface area contributed by atoms with Crippen LogP contribution in [0, 0.1) is 0 Å². The van der Waals surface area contributed by atoms with Crippen LogP contribution in [0.5, 0.6) is 0 Å². The van der Waals surface area contributed by atoms with E-state index in [1.807, 2.05) is 0 Å². The lowest BCUT2D eigenvalue weighted by Crippen LogP contribution is -1.99. The Labute approximate surface area is 107 Å². The minimum Gasteiger partial charge on any atom is -0.478 e. The molecule has 1 N–H and O–H groups in total. The zero-order valence-electron chi connectivity index (χ0n) is 8.76. The van der Waals surface area contributed by atoms with Gasteiger partial charge in [-0.3, -0.25) is 0 Å². The van der Waals surface area contributed by atoms with Gasteiger partial charge in [0.25, 0.3) is 0 Å². The first kappa shape index (κ1) is 11.7. The molecule has 86 valence electrons. The SMILES string of the molecule is O=C(O)C(=Cc1ccco1)c1ccc(Br)cc1. The number of aliphatic carboxylic acids is 1. The molecule has 4 heteroatoms. The van der Waals surface area contributed by atoms with Gasteiger partial charge in [0, 0.05) is 4.47 Å². The Hall–Kier alpha value is -1.81. The topological polar surface area (TPSA) is 50.4 Å². The normalized spacial score (nSPS) is 11.5. The first-order valence-corrected chi connectivity index (χ1v) is 5.70. The van der Waals surface area contributed by atoms with Crippen LogP contribution in [0.1, 0.15) is 11.3 Å². The van der Waals surface area contributed by atoms with Crippen molar-refractivity contribution in [3.05, 3.63) is 58.5 Å². The molecule has 0 aliphatic rings. The summed E-state index contributed by atoms with van der Waals surface area (Å²) in [5, 5.41) is 9.17. The van der Waals surface area contributed by atoms with Gasteiger partial charge in [-0.1, -0.05) is 28.1 Å². The quantitative estimate of drug-likeness (QED) is 0.878. The van der Waals surface area contributed by atoms with Gasteiger partial charge in [0.15, 0.2) is 0 Å². The van der Waals surface area contributed by atoms with Crippen LogP contribution in [0.15, 0.2) is 51.6 Å². The van der Waals surface area contributed by atoms with Gasteiger partial charge in [-0.05, 0) is 35.9 Å². The van der Waals surface area contributed by atoms with E-state index in [1.54, 1.807) is 36.4 Å². The van der Waals surface area contributed by atoms with Crippen molar-refractivity contribution >= 4 is 33.5 Å². The number of carboxylic acid groups (broad SMARTS) is 1. The van der Waals surface area contributed by atoms with E-state index in [0.717, 1.165) is 4.47 Å². The van der Waals surface area contributed by atoms with Gasteiger partial charge >= 0.3 is 5.97 Å². The van der Waals surface area contributed by atoms with Gasteiger partial charge in [-0.2, -0.15) is 0 Å². The predicted molar refractivity (Wildman–Crippen MR) is 68.4 cm³/mol. The van der Waals surface area contributed by atoms with Gasteiger partial charge in [0.05, 0.1) is 11.8 Å². The number of hydrogen-bond donors (Lipinski definition) is 1. The van der Waals surface area contributed by atoms with E-state index in [0.29, 0.717) is 11.3 Å². The highest BCUT2D eigenvalue weighted by molar-refractivity contribution is 9.10. The Morgan fingerprint density at radius 2 is 1.94 bits per heavy atom. The van der Waals surface area contributed by atoms with E-state index in [9.17, 15) is 9.90 Å². The average molecular weight is 293 g/mol. The van der Waals surface area contributed by atoms with E-state index in [2.05, 4.69) is 15.9 Å². The molecular formula is C13H9BrO3. The summed E-state index contributed by atoms with van der Waals surface area (Å²) < 4.78 is 6.02. The Morgan fingerprint density at radius 1 is 1.24 bits per heavy atom. The lowest BCUT2D eigenvalue weighted by atomic mass is 10.1. The molecule has 17 heavy (non-hydrogen) atoms. The molecule has 1 aromatic heterocycles. The highest BCUT2D eigenvalue weighted by Crippen LogP contribution is 2.21. The number of hydrogen-bond acceptors (Lipinski definition) is 2. The van der Waals surface area contributed by atoms with Gasteiger partial charge in [-0.15, -0.1) is 0 Å². The minimum absolute atomic E-state index is 0.201. The molecule has 0 saturated carbocycles. The monoisotopic (exact) mass is 292 g/mol. The number of carbonyl (C=O) groups is 1. The number of halogens is 1. The van der Waals surface area contributed by atoms with Gasteiger partial charge in [0.1, 0.15) is 5.76 Å². The molecule has 0 fully saturated rings. The lowest BCUT2D eigenvalue weighted by Gasteiger charge is -2.02. The van der Waals surface area contributed by atoms with Crippen LogP contribution in [0.3, 0.4) is 0 Å². The molecule has 0 saturated heterocycles. The zero-order valence-corrected chi connectivity index (χ0v) is 10.3. The Morgan fingerprint density at radius 3 is 2.47 bits per heavy atom. The Kier molecular flexibility index (Phi) is 3.44. The molecule has 1 aromatic carbocycles. The number of furan rings is 1. The summed E-state index contributed by atoms with van der Waals surface area (Å²) in [5.74, 6) is -0.464. The highest BCUT2D eigenvalue weighted by atomic mass is 79.9. The minimum atomic E-state index is -0.983. The molecule has 0 bridgehead atoms. The first-order valence-electron chi connectivity index (χ1n) is 4.91. The predicted octanol–water partition coefficient (Wildman–Crippen LogP) is 3.67. The smallest absolute Gasteiger partial charge is 0.336 e. The van der Waals surface area contributed by atoms with E-state index in [4.69, 9.17) is 4.42 Å². The summed E-state index contributed by atoms with van der Waals surface area (Å²) >= 11 is 3.31. The summed E-state index contributed by atoms with van der Waals surface area (Å²) in [7, 11) is 0. The molecule has 0 spiro atoms. The molecule has 0 aliphatic carbocycles. The second-order valence-electron chi connectivity index (χ2n) is 3.39. The summed E-state index contributed by atoms with van der Waals surface area (Å²) in [5.41, 5.74) is 0.838. The largest absolute Gasteiger partial charge is 0.478 e. The molecule has 0 unspecified atom stereocenters. The third-order valence-electron chi connectivity index (χ3n) is 2.22. The van der Waals surface area contributed by atoms with E-state index in [-0.39, 0.29) is 5.57 Å². The molecule has 3 nitrogen and oxygen atoms in total. The average Bonchev–Trinajstić information content (AvgIpc) is 2.80. The molecule has 0 atom stereocenters. The molecule has 1 heterocycles. The first-order chi connectivity index (χ1) is 8.16. The van der Waals surface area contributed by atoms with Gasteiger partial charge < -0.3 is 9.52 Å². The molecule has 0 aliphatic heterocycles. The summed E-state index contributed by atoms with van der Waals surface area (Å²) in [6.45, 7) is 0. The van der Waals surface area contributed by atoms with Crippen molar-refractivity contribution in [2.75, 3.05) is 0 Å². The fourth-order valence-corrected chi connectivity index (χ4v) is 1.68. The van der Waals surface area contributed by atoms with Crippen molar-refractivity contribution in [2.24, 2.45) is 0 Å². The molecular weight excluding hydrogens is 284 g/mol. The van der Waals surface area contributed by atoms with Crippen molar-refractivity contribution < 1.29 is 14.3 Å². The summed E-state index contributed by atoms with van der Waals surface area (Å²) in [6, 6.07) is 10.5. The second kappa shape index (κ2) is 5.01. The molecule has 0 amide bonds. The third-order valence-corrected chi connectivity index (χ3v) is 2.74. The molecule has 2 rings (SSSR count). The van der Waals surface area contributed by atoms with Gasteiger partial charge in [0.2, 0.25) is 0 Å². The maximum absolute atomic E-state index is 11.2. The third kappa shape index (κ3) is 2.85. The van der Waals surface area contributed by atoms with Crippen molar-refractivity contribution in [1.82, 2.24) is 0 Å². The van der Waals surface area contributed by atoms with Crippen LogP contribution in [0.2, 0.25) is 0 Å². The lowest BCUT2D eigenvalue weighted by molar-refractivity contribution is -0.130. The molecule has 0 radical (unpaired) electrons. The summed E-state index contributed by atoms with van der Waals surface area (Å²) in [6.07, 6.45) is 3.01. The zero-order chi connectivity index (χ0) is 12.3. The molecule has 2 aromatic rings. The van der Waals surface area contributed by atoms with E-state index >= 15 is 0 Å². The fourth-order valence-electron chi connectivity index (χ4n) is 1.41. The Bertz CT molecular complexity index is 539. The van der Waals surface area contributed by atoms with Crippen molar-refractivity contribution in [3.8, 4) is 0 Å². The maximum atomic E-state index is 11.2. The fraction of sp³-hybridized carbons (Fsp3) is 0. The Balaban J connectivity index is 2.43. The van der Waals surface area contributed by atoms with Gasteiger partial charge in [-0.25, -0.2) is 4.79 Å².